The largest absolute Gasteiger partial charge is 0.271 e. The molecule has 2 rings (SSSR count). The minimum absolute atomic E-state index is 0.223. The fourth-order valence-corrected chi connectivity index (χ4v) is 3.33. The van der Waals surface area contributed by atoms with E-state index in [1.807, 2.05) is 30.5 Å². The van der Waals surface area contributed by atoms with Crippen LogP contribution in [0.2, 0.25) is 0 Å². The van der Waals surface area contributed by atoms with Crippen LogP contribution in [0.25, 0.3) is 0 Å². The second-order valence-electron chi connectivity index (χ2n) is 4.17. The average molecular weight is 338 g/mol. The van der Waals surface area contributed by atoms with E-state index >= 15 is 0 Å². The monoisotopic (exact) mass is 337 g/mol. The second kappa shape index (κ2) is 7.65. The molecule has 3 N–H and O–H groups in total. The smallest absolute Gasteiger partial charge is 0.0345 e. The predicted molar refractivity (Wildman–Crippen MR) is 83.9 cm³/mol. The predicted octanol–water partition coefficient (Wildman–Crippen LogP) is 3.01. The third-order valence-corrected chi connectivity index (χ3v) is 4.91. The Morgan fingerprint density at radius 2 is 2.11 bits per heavy atom. The van der Waals surface area contributed by atoms with Crippen LogP contribution in [-0.4, -0.2) is 16.8 Å². The Balaban J connectivity index is 1.91. The van der Waals surface area contributed by atoms with Crippen molar-refractivity contribution in [2.75, 3.05) is 5.75 Å². The van der Waals surface area contributed by atoms with Gasteiger partial charge in [-0.15, -0.1) is 11.8 Å². The molecular weight excluding hydrogens is 322 g/mol. The molecule has 1 unspecified atom stereocenters. The van der Waals surface area contributed by atoms with Gasteiger partial charge in [-0.1, -0.05) is 18.2 Å². The fraction of sp³-hybridized carbons (Fsp3) is 0.214. The number of aromatic nitrogens is 1. The van der Waals surface area contributed by atoms with E-state index in [0.29, 0.717) is 0 Å². The summed E-state index contributed by atoms with van der Waals surface area (Å²) in [5, 5.41) is 0. The molecule has 0 spiro atoms. The van der Waals surface area contributed by atoms with Crippen LogP contribution in [0, 0.1) is 0 Å². The number of hydrogen-bond acceptors (Lipinski definition) is 4. The van der Waals surface area contributed by atoms with Gasteiger partial charge in [0.25, 0.3) is 0 Å². The number of nitrogens with zero attached hydrogens (tertiary/aromatic N) is 1. The van der Waals surface area contributed by atoms with Crippen LogP contribution in [0.1, 0.15) is 5.56 Å². The SMILES string of the molecule is NNC(CSc1ccccc1Br)Cc1cccnc1. The summed E-state index contributed by atoms with van der Waals surface area (Å²) < 4.78 is 1.12. The quantitative estimate of drug-likeness (QED) is 0.483. The maximum atomic E-state index is 5.63. The number of nitrogens with two attached hydrogens (primary N) is 1. The van der Waals surface area contributed by atoms with Crippen molar-refractivity contribution in [2.45, 2.75) is 17.4 Å². The molecule has 0 aliphatic heterocycles. The number of halogens is 1. The van der Waals surface area contributed by atoms with Crippen molar-refractivity contribution >= 4 is 27.7 Å². The highest BCUT2D eigenvalue weighted by molar-refractivity contribution is 9.10. The maximum absolute atomic E-state index is 5.63. The van der Waals surface area contributed by atoms with Crippen LogP contribution in [0.5, 0.6) is 0 Å². The van der Waals surface area contributed by atoms with Gasteiger partial charge in [0.1, 0.15) is 0 Å². The van der Waals surface area contributed by atoms with E-state index in [-0.39, 0.29) is 6.04 Å². The number of pyridine rings is 1. The molecule has 0 radical (unpaired) electrons. The summed E-state index contributed by atoms with van der Waals surface area (Å²) in [6, 6.07) is 12.5. The lowest BCUT2D eigenvalue weighted by molar-refractivity contribution is 0.574. The summed E-state index contributed by atoms with van der Waals surface area (Å²) in [5.74, 6) is 6.54. The van der Waals surface area contributed by atoms with Crippen molar-refractivity contribution in [3.05, 3.63) is 58.8 Å². The van der Waals surface area contributed by atoms with Crippen molar-refractivity contribution in [1.29, 1.82) is 0 Å². The number of hydrazine groups is 1. The van der Waals surface area contributed by atoms with Gasteiger partial charge in [-0.3, -0.25) is 16.3 Å². The highest BCUT2D eigenvalue weighted by atomic mass is 79.9. The first-order valence-corrected chi connectivity index (χ1v) is 7.80. The Morgan fingerprint density at radius 1 is 1.26 bits per heavy atom. The molecule has 0 saturated heterocycles. The second-order valence-corrected chi connectivity index (χ2v) is 6.09. The molecule has 1 aromatic heterocycles. The normalized spacial score (nSPS) is 12.3. The minimum Gasteiger partial charge on any atom is -0.271 e. The van der Waals surface area contributed by atoms with Gasteiger partial charge in [-0.2, -0.15) is 0 Å². The van der Waals surface area contributed by atoms with Crippen LogP contribution in [0.15, 0.2) is 58.2 Å². The number of rotatable bonds is 6. The third kappa shape index (κ3) is 4.62. The first-order valence-electron chi connectivity index (χ1n) is 6.02. The first-order chi connectivity index (χ1) is 9.29. The zero-order chi connectivity index (χ0) is 13.5. The minimum atomic E-state index is 0.223. The number of thioether (sulfide) groups is 1. The fourth-order valence-electron chi connectivity index (χ4n) is 1.72. The molecule has 1 atom stereocenters. The first kappa shape index (κ1) is 14.5. The molecule has 0 fully saturated rings. The van der Waals surface area contributed by atoms with Crippen LogP contribution in [0.3, 0.4) is 0 Å². The Hall–Kier alpha value is -0.880. The zero-order valence-electron chi connectivity index (χ0n) is 10.4. The topological polar surface area (TPSA) is 50.9 Å². The van der Waals surface area contributed by atoms with Gasteiger partial charge in [0.05, 0.1) is 0 Å². The lowest BCUT2D eigenvalue weighted by Gasteiger charge is -2.15. The molecule has 5 heteroatoms. The molecule has 0 saturated carbocycles. The van der Waals surface area contributed by atoms with Crippen LogP contribution in [-0.2, 0) is 6.42 Å². The Bertz CT molecular complexity index is 507. The lowest BCUT2D eigenvalue weighted by Crippen LogP contribution is -2.38. The van der Waals surface area contributed by atoms with Gasteiger partial charge in [0, 0.05) is 33.6 Å². The van der Waals surface area contributed by atoms with Crippen molar-refractivity contribution in [3.63, 3.8) is 0 Å². The molecule has 0 aliphatic carbocycles. The lowest BCUT2D eigenvalue weighted by atomic mass is 10.1. The van der Waals surface area contributed by atoms with E-state index in [1.54, 1.807) is 18.0 Å². The molecule has 1 aromatic carbocycles. The Labute approximate surface area is 126 Å². The number of benzene rings is 1. The van der Waals surface area contributed by atoms with Crippen molar-refractivity contribution < 1.29 is 0 Å². The average Bonchev–Trinajstić information content (AvgIpc) is 2.46. The molecule has 0 bridgehead atoms. The summed E-state index contributed by atoms with van der Waals surface area (Å²) in [6.45, 7) is 0. The molecular formula is C14H16BrN3S. The highest BCUT2D eigenvalue weighted by Gasteiger charge is 2.09. The van der Waals surface area contributed by atoms with Crippen LogP contribution < -0.4 is 11.3 Å². The number of hydrogen-bond donors (Lipinski definition) is 2. The van der Waals surface area contributed by atoms with E-state index in [2.05, 4.69) is 38.5 Å². The molecule has 100 valence electrons. The molecule has 2 aromatic rings. The van der Waals surface area contributed by atoms with E-state index < -0.39 is 0 Å². The van der Waals surface area contributed by atoms with Gasteiger partial charge in [-0.05, 0) is 46.1 Å². The van der Waals surface area contributed by atoms with Crippen molar-refractivity contribution in [2.24, 2.45) is 5.84 Å². The summed E-state index contributed by atoms with van der Waals surface area (Å²) in [6.07, 6.45) is 4.54. The van der Waals surface area contributed by atoms with E-state index in [1.165, 1.54) is 10.5 Å². The maximum Gasteiger partial charge on any atom is 0.0345 e. The molecule has 0 amide bonds. The summed E-state index contributed by atoms with van der Waals surface area (Å²) in [5.41, 5.74) is 4.07. The Kier molecular flexibility index (Phi) is 5.85. The van der Waals surface area contributed by atoms with Crippen molar-refractivity contribution in [3.8, 4) is 0 Å². The highest BCUT2D eigenvalue weighted by Crippen LogP contribution is 2.27. The van der Waals surface area contributed by atoms with Gasteiger partial charge >= 0.3 is 0 Å². The summed E-state index contributed by atoms with van der Waals surface area (Å²) >= 11 is 5.34. The van der Waals surface area contributed by atoms with Gasteiger partial charge in [0.2, 0.25) is 0 Å². The molecule has 19 heavy (non-hydrogen) atoms. The zero-order valence-corrected chi connectivity index (χ0v) is 12.8. The summed E-state index contributed by atoms with van der Waals surface area (Å²) in [7, 11) is 0. The van der Waals surface area contributed by atoms with Gasteiger partial charge < -0.3 is 0 Å². The van der Waals surface area contributed by atoms with E-state index in [9.17, 15) is 0 Å². The molecule has 0 aliphatic rings. The standard InChI is InChI=1S/C14H16BrN3S/c15-13-5-1-2-6-14(13)19-10-12(18-16)8-11-4-3-7-17-9-11/h1-7,9,12,18H,8,10,16H2. The Morgan fingerprint density at radius 3 is 2.79 bits per heavy atom. The molecule has 1 heterocycles. The van der Waals surface area contributed by atoms with E-state index in [4.69, 9.17) is 5.84 Å². The van der Waals surface area contributed by atoms with Crippen LogP contribution >= 0.6 is 27.7 Å². The van der Waals surface area contributed by atoms with Gasteiger partial charge in [-0.25, -0.2) is 0 Å². The van der Waals surface area contributed by atoms with Gasteiger partial charge in [0.15, 0.2) is 0 Å². The molecule has 3 nitrogen and oxygen atoms in total. The van der Waals surface area contributed by atoms with Crippen LogP contribution in [0.4, 0.5) is 0 Å². The summed E-state index contributed by atoms with van der Waals surface area (Å²) in [4.78, 5) is 5.35. The van der Waals surface area contributed by atoms with Crippen molar-refractivity contribution in [1.82, 2.24) is 10.4 Å². The third-order valence-electron chi connectivity index (χ3n) is 2.72. The number of nitrogens with one attached hydrogen (secondary N) is 1. The van der Waals surface area contributed by atoms with E-state index in [0.717, 1.165) is 16.6 Å².